The molecule has 0 saturated carbocycles. The number of hydrogen-bond donors (Lipinski definition) is 2. The Bertz CT molecular complexity index is 909. The molecule has 1 aromatic carbocycles. The van der Waals surface area contributed by atoms with Crippen molar-refractivity contribution in [1.82, 2.24) is 9.97 Å². The Labute approximate surface area is 138 Å². The standard InChI is InChI=1S/C17H16N4O3/c1-9(2)23-12-6-4-3-5-10(12)13-11(7-18)15(19)24-17-14(13)16(22)20-8-21-17/h3-6,8-9,13H,19H2,1-2H3,(H,20,21,22)/t13-/m0/s1. The molecular formula is C17H16N4O3. The molecule has 0 spiro atoms. The summed E-state index contributed by atoms with van der Waals surface area (Å²) < 4.78 is 11.2. The zero-order valence-electron chi connectivity index (χ0n) is 13.2. The van der Waals surface area contributed by atoms with Gasteiger partial charge in [0.15, 0.2) is 0 Å². The van der Waals surface area contributed by atoms with E-state index in [1.807, 2.05) is 32.0 Å². The van der Waals surface area contributed by atoms with E-state index in [9.17, 15) is 10.1 Å². The summed E-state index contributed by atoms with van der Waals surface area (Å²) in [5.74, 6) is -0.0904. The van der Waals surface area contributed by atoms with Crippen molar-refractivity contribution in [2.45, 2.75) is 25.9 Å². The summed E-state index contributed by atoms with van der Waals surface area (Å²) in [7, 11) is 0. The van der Waals surface area contributed by atoms with Crippen LogP contribution in [-0.4, -0.2) is 16.1 Å². The Kier molecular flexibility index (Phi) is 3.96. The van der Waals surface area contributed by atoms with Crippen LogP contribution in [0.3, 0.4) is 0 Å². The van der Waals surface area contributed by atoms with Crippen molar-refractivity contribution in [3.8, 4) is 17.7 Å². The number of aromatic nitrogens is 2. The van der Waals surface area contributed by atoms with Gasteiger partial charge in [0, 0.05) is 5.56 Å². The molecule has 7 nitrogen and oxygen atoms in total. The molecule has 0 bridgehead atoms. The smallest absolute Gasteiger partial charge is 0.258 e. The van der Waals surface area contributed by atoms with Gasteiger partial charge in [0.05, 0.1) is 23.9 Å². The fraction of sp³-hybridized carbons (Fsp3) is 0.235. The van der Waals surface area contributed by atoms with E-state index >= 15 is 0 Å². The molecule has 3 N–H and O–H groups in total. The highest BCUT2D eigenvalue weighted by Crippen LogP contribution is 2.42. The van der Waals surface area contributed by atoms with E-state index in [2.05, 4.69) is 9.97 Å². The molecule has 7 heteroatoms. The van der Waals surface area contributed by atoms with Gasteiger partial charge in [0.1, 0.15) is 17.4 Å². The minimum absolute atomic E-state index is 0.0625. The molecule has 0 amide bonds. The SMILES string of the molecule is CC(C)Oc1ccccc1[C@H]1C(C#N)=C(N)Oc2nc[nH]c(=O)c21. The Hall–Kier alpha value is -3.27. The van der Waals surface area contributed by atoms with E-state index in [1.54, 1.807) is 12.1 Å². The number of hydrogen-bond acceptors (Lipinski definition) is 6. The van der Waals surface area contributed by atoms with Crippen LogP contribution in [0.15, 0.2) is 46.8 Å². The van der Waals surface area contributed by atoms with E-state index in [-0.39, 0.29) is 34.6 Å². The Morgan fingerprint density at radius 1 is 1.42 bits per heavy atom. The second-order valence-corrected chi connectivity index (χ2v) is 5.58. The minimum atomic E-state index is -0.703. The Morgan fingerprint density at radius 2 is 2.17 bits per heavy atom. The van der Waals surface area contributed by atoms with Gasteiger partial charge in [0.25, 0.3) is 5.56 Å². The summed E-state index contributed by atoms with van der Waals surface area (Å²) in [6.07, 6.45) is 1.17. The highest BCUT2D eigenvalue weighted by atomic mass is 16.5. The molecule has 0 radical (unpaired) electrons. The summed E-state index contributed by atoms with van der Waals surface area (Å²) in [6, 6.07) is 9.28. The molecule has 24 heavy (non-hydrogen) atoms. The first-order valence-corrected chi connectivity index (χ1v) is 7.43. The normalized spacial score (nSPS) is 16.3. The number of allylic oxidation sites excluding steroid dienone is 1. The molecule has 1 aliphatic heterocycles. The Morgan fingerprint density at radius 3 is 2.88 bits per heavy atom. The van der Waals surface area contributed by atoms with Crippen molar-refractivity contribution in [3.05, 3.63) is 63.5 Å². The van der Waals surface area contributed by atoms with E-state index in [0.717, 1.165) is 0 Å². The van der Waals surface area contributed by atoms with Crippen LogP contribution < -0.4 is 20.8 Å². The van der Waals surface area contributed by atoms with Crippen LogP contribution in [0.2, 0.25) is 0 Å². The van der Waals surface area contributed by atoms with E-state index in [1.165, 1.54) is 6.33 Å². The molecule has 0 unspecified atom stereocenters. The molecule has 0 saturated heterocycles. The summed E-state index contributed by atoms with van der Waals surface area (Å²) in [6.45, 7) is 3.80. The van der Waals surface area contributed by atoms with Gasteiger partial charge in [-0.05, 0) is 19.9 Å². The topological polar surface area (TPSA) is 114 Å². The second kappa shape index (κ2) is 6.08. The Balaban J connectivity index is 2.27. The lowest BCUT2D eigenvalue weighted by Gasteiger charge is -2.26. The number of nitriles is 1. The van der Waals surface area contributed by atoms with E-state index < -0.39 is 5.92 Å². The molecule has 1 aromatic heterocycles. The van der Waals surface area contributed by atoms with Gasteiger partial charge in [-0.25, -0.2) is 4.98 Å². The monoisotopic (exact) mass is 324 g/mol. The third kappa shape index (κ3) is 2.58. The molecule has 1 aliphatic rings. The number of nitrogens with zero attached hydrogens (tertiary/aromatic N) is 2. The van der Waals surface area contributed by atoms with Gasteiger partial charge in [-0.15, -0.1) is 0 Å². The molecule has 0 aliphatic carbocycles. The highest BCUT2D eigenvalue weighted by molar-refractivity contribution is 5.56. The number of rotatable bonds is 3. The predicted molar refractivity (Wildman–Crippen MR) is 86.4 cm³/mol. The van der Waals surface area contributed by atoms with Crippen molar-refractivity contribution in [2.24, 2.45) is 5.73 Å². The zero-order chi connectivity index (χ0) is 17.3. The first-order valence-electron chi connectivity index (χ1n) is 7.43. The zero-order valence-corrected chi connectivity index (χ0v) is 13.2. The van der Waals surface area contributed by atoms with Gasteiger partial charge in [-0.1, -0.05) is 18.2 Å². The summed E-state index contributed by atoms with van der Waals surface area (Å²) in [5, 5.41) is 9.54. The maximum absolute atomic E-state index is 12.4. The number of para-hydroxylation sites is 1. The number of fused-ring (bicyclic) bond motifs is 1. The number of H-pyrrole nitrogens is 1. The average Bonchev–Trinajstić information content (AvgIpc) is 2.54. The third-order valence-electron chi connectivity index (χ3n) is 3.62. The quantitative estimate of drug-likeness (QED) is 0.889. The number of ether oxygens (including phenoxy) is 2. The van der Waals surface area contributed by atoms with Gasteiger partial charge >= 0.3 is 0 Å². The van der Waals surface area contributed by atoms with Crippen molar-refractivity contribution in [2.75, 3.05) is 0 Å². The van der Waals surface area contributed by atoms with Crippen molar-refractivity contribution < 1.29 is 9.47 Å². The van der Waals surface area contributed by atoms with Crippen LogP contribution in [0.1, 0.15) is 30.9 Å². The van der Waals surface area contributed by atoms with Gasteiger partial charge in [0.2, 0.25) is 11.8 Å². The average molecular weight is 324 g/mol. The fourth-order valence-corrected chi connectivity index (χ4v) is 2.69. The van der Waals surface area contributed by atoms with Crippen LogP contribution in [0.25, 0.3) is 0 Å². The number of benzene rings is 1. The summed E-state index contributed by atoms with van der Waals surface area (Å²) in [4.78, 5) is 18.9. The van der Waals surface area contributed by atoms with Crippen LogP contribution in [-0.2, 0) is 0 Å². The third-order valence-corrected chi connectivity index (χ3v) is 3.62. The highest BCUT2D eigenvalue weighted by Gasteiger charge is 2.35. The van der Waals surface area contributed by atoms with Crippen molar-refractivity contribution >= 4 is 0 Å². The van der Waals surface area contributed by atoms with Gasteiger partial charge in [-0.3, -0.25) is 4.79 Å². The predicted octanol–water partition coefficient (Wildman–Crippen LogP) is 1.78. The summed E-state index contributed by atoms with van der Waals surface area (Å²) in [5.41, 5.74) is 6.54. The number of aromatic amines is 1. The van der Waals surface area contributed by atoms with E-state index in [4.69, 9.17) is 15.2 Å². The van der Waals surface area contributed by atoms with Crippen LogP contribution >= 0.6 is 0 Å². The lowest BCUT2D eigenvalue weighted by Crippen LogP contribution is -2.28. The first kappa shape index (κ1) is 15.6. The maximum atomic E-state index is 12.4. The van der Waals surface area contributed by atoms with Gasteiger partial charge in [-0.2, -0.15) is 5.26 Å². The second-order valence-electron chi connectivity index (χ2n) is 5.58. The maximum Gasteiger partial charge on any atom is 0.258 e. The molecule has 3 rings (SSSR count). The fourth-order valence-electron chi connectivity index (χ4n) is 2.69. The minimum Gasteiger partial charge on any atom is -0.491 e. The first-order chi connectivity index (χ1) is 11.5. The number of nitrogens with one attached hydrogen (secondary N) is 1. The molecular weight excluding hydrogens is 308 g/mol. The van der Waals surface area contributed by atoms with Crippen LogP contribution in [0.5, 0.6) is 11.6 Å². The lowest BCUT2D eigenvalue weighted by atomic mass is 9.84. The van der Waals surface area contributed by atoms with Crippen molar-refractivity contribution in [1.29, 1.82) is 5.26 Å². The summed E-state index contributed by atoms with van der Waals surface area (Å²) >= 11 is 0. The largest absolute Gasteiger partial charge is 0.491 e. The molecule has 0 fully saturated rings. The number of nitrogens with two attached hydrogens (primary N) is 1. The molecule has 2 heterocycles. The van der Waals surface area contributed by atoms with Crippen LogP contribution in [0, 0.1) is 11.3 Å². The van der Waals surface area contributed by atoms with Crippen LogP contribution in [0.4, 0.5) is 0 Å². The molecule has 122 valence electrons. The molecule has 2 aromatic rings. The lowest BCUT2D eigenvalue weighted by molar-refractivity contribution is 0.239. The van der Waals surface area contributed by atoms with Gasteiger partial charge < -0.3 is 20.2 Å². The van der Waals surface area contributed by atoms with E-state index in [0.29, 0.717) is 11.3 Å². The van der Waals surface area contributed by atoms with Crippen molar-refractivity contribution in [3.63, 3.8) is 0 Å². The molecule has 1 atom stereocenters.